The van der Waals surface area contributed by atoms with E-state index in [2.05, 4.69) is 6.07 Å². The van der Waals surface area contributed by atoms with Gasteiger partial charge in [-0.2, -0.15) is 13.7 Å². The Hall–Kier alpha value is -2.32. The summed E-state index contributed by atoms with van der Waals surface area (Å²) >= 11 is 0. The minimum atomic E-state index is -3.50. The number of benzene rings is 2. The van der Waals surface area contributed by atoms with Gasteiger partial charge in [0.05, 0.1) is 12.3 Å². The van der Waals surface area contributed by atoms with Gasteiger partial charge in [-0.1, -0.05) is 36.4 Å². The van der Waals surface area contributed by atoms with Gasteiger partial charge in [-0.3, -0.25) is 0 Å². The Morgan fingerprint density at radius 2 is 1.55 bits per heavy atom. The predicted molar refractivity (Wildman–Crippen MR) is 85.8 cm³/mol. The summed E-state index contributed by atoms with van der Waals surface area (Å²) < 4.78 is 26.9. The second-order valence-corrected chi connectivity index (χ2v) is 6.82. The van der Waals surface area contributed by atoms with E-state index >= 15 is 0 Å². The molecule has 1 atom stereocenters. The first-order chi connectivity index (χ1) is 10.4. The van der Waals surface area contributed by atoms with Crippen LogP contribution in [0.15, 0.2) is 48.5 Å². The molecule has 0 bridgehead atoms. The maximum atomic E-state index is 11.1. The highest BCUT2D eigenvalue weighted by atomic mass is 32.2. The van der Waals surface area contributed by atoms with Crippen LogP contribution in [0.1, 0.15) is 12.5 Å². The minimum absolute atomic E-state index is 0.00160. The zero-order chi connectivity index (χ0) is 16.2. The van der Waals surface area contributed by atoms with Crippen LogP contribution in [0, 0.1) is 17.2 Å². The van der Waals surface area contributed by atoms with Crippen molar-refractivity contribution < 1.29 is 12.6 Å². The Balaban J connectivity index is 2.13. The summed E-state index contributed by atoms with van der Waals surface area (Å²) in [6, 6.07) is 17.1. The molecular weight excluding hydrogens is 298 g/mol. The number of hydrogen-bond acceptors (Lipinski definition) is 4. The van der Waals surface area contributed by atoms with E-state index in [4.69, 9.17) is 9.44 Å². The first-order valence-electron chi connectivity index (χ1n) is 6.86. The average molecular weight is 315 g/mol. The molecular formula is C17H17NO3S. The van der Waals surface area contributed by atoms with Crippen molar-refractivity contribution in [1.82, 2.24) is 0 Å². The van der Waals surface area contributed by atoms with Gasteiger partial charge in [-0.05, 0) is 42.2 Å². The highest BCUT2D eigenvalue weighted by Gasteiger charge is 2.06. The maximum absolute atomic E-state index is 11.1. The van der Waals surface area contributed by atoms with E-state index in [0.29, 0.717) is 5.75 Å². The topological polar surface area (TPSA) is 67.2 Å². The predicted octanol–water partition coefficient (Wildman–Crippen LogP) is 3.39. The molecule has 0 heterocycles. The van der Waals surface area contributed by atoms with Gasteiger partial charge in [0.15, 0.2) is 0 Å². The maximum Gasteiger partial charge on any atom is 0.306 e. The van der Waals surface area contributed by atoms with Crippen LogP contribution in [-0.4, -0.2) is 14.7 Å². The molecule has 0 spiro atoms. The van der Waals surface area contributed by atoms with Crippen LogP contribution in [0.3, 0.4) is 0 Å². The molecule has 2 aromatic carbocycles. The molecule has 0 aromatic heterocycles. The van der Waals surface area contributed by atoms with Crippen LogP contribution >= 0.6 is 0 Å². The molecule has 0 aliphatic rings. The summed E-state index contributed by atoms with van der Waals surface area (Å²) in [6.07, 6.45) is 1.75. The van der Waals surface area contributed by atoms with Crippen molar-refractivity contribution >= 4 is 10.1 Å². The molecule has 114 valence electrons. The Bertz CT molecular complexity index is 772. The fourth-order valence-corrected chi connectivity index (χ4v) is 2.57. The number of nitriles is 1. The minimum Gasteiger partial charge on any atom is -0.383 e. The molecule has 22 heavy (non-hydrogen) atoms. The van der Waals surface area contributed by atoms with Gasteiger partial charge in [-0.15, -0.1) is 0 Å². The van der Waals surface area contributed by atoms with E-state index in [9.17, 15) is 8.42 Å². The molecule has 0 amide bonds. The van der Waals surface area contributed by atoms with Crippen molar-refractivity contribution in [2.24, 2.45) is 5.92 Å². The normalized spacial score (nSPS) is 12.4. The van der Waals surface area contributed by atoms with Gasteiger partial charge in [0.25, 0.3) is 0 Å². The fraction of sp³-hybridized carbons (Fsp3) is 0.235. The van der Waals surface area contributed by atoms with Gasteiger partial charge < -0.3 is 4.18 Å². The van der Waals surface area contributed by atoms with E-state index in [0.717, 1.165) is 29.4 Å². The first kappa shape index (κ1) is 16.1. The molecule has 5 heteroatoms. The van der Waals surface area contributed by atoms with Gasteiger partial charge in [0, 0.05) is 5.92 Å². The van der Waals surface area contributed by atoms with Crippen molar-refractivity contribution in [2.75, 3.05) is 6.26 Å². The fourth-order valence-electron chi connectivity index (χ4n) is 2.11. The molecule has 0 saturated heterocycles. The highest BCUT2D eigenvalue weighted by molar-refractivity contribution is 7.86. The zero-order valence-corrected chi connectivity index (χ0v) is 13.3. The molecule has 0 saturated carbocycles. The lowest BCUT2D eigenvalue weighted by Gasteiger charge is -2.07. The lowest BCUT2D eigenvalue weighted by Crippen LogP contribution is -2.05. The molecule has 2 aromatic rings. The average Bonchev–Trinajstić information content (AvgIpc) is 2.47. The number of hydrogen-bond donors (Lipinski definition) is 0. The van der Waals surface area contributed by atoms with E-state index < -0.39 is 10.1 Å². The van der Waals surface area contributed by atoms with E-state index in [1.54, 1.807) is 12.1 Å². The van der Waals surface area contributed by atoms with Crippen molar-refractivity contribution in [1.29, 1.82) is 5.26 Å². The lowest BCUT2D eigenvalue weighted by molar-refractivity contribution is 0.493. The molecule has 0 N–H and O–H groups in total. The monoisotopic (exact) mass is 315 g/mol. The third kappa shape index (κ3) is 4.61. The van der Waals surface area contributed by atoms with Gasteiger partial charge in [0.2, 0.25) is 0 Å². The highest BCUT2D eigenvalue weighted by Crippen LogP contribution is 2.24. The SMILES string of the molecule is C[C@H](C#N)Cc1ccc(-c2ccc(OS(C)(=O)=O)cc2)cc1. The standard InChI is InChI=1S/C17H17NO3S/c1-13(12-18)11-14-3-5-15(6-4-14)16-7-9-17(10-8-16)21-22(2,19)20/h3-10,13H,11H2,1-2H3/t13-/m0/s1. The van der Waals surface area contributed by atoms with Gasteiger partial charge in [0.1, 0.15) is 5.75 Å². The van der Waals surface area contributed by atoms with E-state index in [-0.39, 0.29) is 5.92 Å². The van der Waals surface area contributed by atoms with Crippen molar-refractivity contribution in [3.63, 3.8) is 0 Å². The summed E-state index contributed by atoms with van der Waals surface area (Å²) in [5, 5.41) is 8.83. The zero-order valence-electron chi connectivity index (χ0n) is 12.5. The molecule has 4 nitrogen and oxygen atoms in total. The molecule has 2 rings (SSSR count). The first-order valence-corrected chi connectivity index (χ1v) is 8.67. The van der Waals surface area contributed by atoms with Crippen molar-refractivity contribution in [2.45, 2.75) is 13.3 Å². The third-order valence-corrected chi connectivity index (χ3v) is 3.65. The van der Waals surface area contributed by atoms with Crippen LogP contribution in [0.5, 0.6) is 5.75 Å². The Kier molecular flexibility index (Phi) is 4.84. The van der Waals surface area contributed by atoms with Crippen molar-refractivity contribution in [3.8, 4) is 22.9 Å². The van der Waals surface area contributed by atoms with Crippen LogP contribution < -0.4 is 4.18 Å². The summed E-state index contributed by atoms with van der Waals surface area (Å²) in [4.78, 5) is 0. The summed E-state index contributed by atoms with van der Waals surface area (Å²) in [6.45, 7) is 1.90. The summed E-state index contributed by atoms with van der Waals surface area (Å²) in [5.74, 6) is 0.295. The molecule has 0 aliphatic carbocycles. The molecule has 0 unspecified atom stereocenters. The summed E-state index contributed by atoms with van der Waals surface area (Å²) in [7, 11) is -3.50. The Labute approximate surface area is 131 Å². The second kappa shape index (κ2) is 6.63. The van der Waals surface area contributed by atoms with E-state index in [1.165, 1.54) is 0 Å². The van der Waals surface area contributed by atoms with Gasteiger partial charge in [-0.25, -0.2) is 0 Å². The van der Waals surface area contributed by atoms with Crippen LogP contribution in [0.25, 0.3) is 11.1 Å². The summed E-state index contributed by atoms with van der Waals surface area (Å²) in [5.41, 5.74) is 3.12. The Morgan fingerprint density at radius 1 is 1.05 bits per heavy atom. The second-order valence-electron chi connectivity index (χ2n) is 5.24. The molecule has 0 radical (unpaired) electrons. The number of rotatable bonds is 5. The molecule has 0 aliphatic heterocycles. The van der Waals surface area contributed by atoms with E-state index in [1.807, 2.05) is 43.3 Å². The van der Waals surface area contributed by atoms with Crippen LogP contribution in [0.4, 0.5) is 0 Å². The smallest absolute Gasteiger partial charge is 0.306 e. The van der Waals surface area contributed by atoms with Crippen molar-refractivity contribution in [3.05, 3.63) is 54.1 Å². The van der Waals surface area contributed by atoms with Gasteiger partial charge >= 0.3 is 10.1 Å². The third-order valence-electron chi connectivity index (χ3n) is 3.15. The lowest BCUT2D eigenvalue weighted by atomic mass is 9.99. The quantitative estimate of drug-likeness (QED) is 0.793. The largest absolute Gasteiger partial charge is 0.383 e. The van der Waals surface area contributed by atoms with Crippen LogP contribution in [-0.2, 0) is 16.5 Å². The van der Waals surface area contributed by atoms with Crippen LogP contribution in [0.2, 0.25) is 0 Å². The Morgan fingerprint density at radius 3 is 2.00 bits per heavy atom. The number of nitrogens with zero attached hydrogens (tertiary/aromatic N) is 1. The molecule has 0 fully saturated rings.